The summed E-state index contributed by atoms with van der Waals surface area (Å²) in [7, 11) is 0. The predicted molar refractivity (Wildman–Crippen MR) is 56.9 cm³/mol. The van der Waals surface area contributed by atoms with Crippen LogP contribution in [-0.2, 0) is 9.53 Å². The van der Waals surface area contributed by atoms with Crippen molar-refractivity contribution < 1.29 is 9.53 Å². The van der Waals surface area contributed by atoms with Gasteiger partial charge < -0.3 is 4.74 Å². The minimum absolute atomic E-state index is 0.0150. The zero-order chi connectivity index (χ0) is 10.6. The van der Waals surface area contributed by atoms with Crippen molar-refractivity contribution >= 4 is 5.97 Å². The topological polar surface area (TPSA) is 26.3 Å². The second kappa shape index (κ2) is 5.38. The van der Waals surface area contributed by atoms with Crippen molar-refractivity contribution in [3.8, 4) is 0 Å². The lowest BCUT2D eigenvalue weighted by Gasteiger charge is -2.30. The minimum Gasteiger partial charge on any atom is -0.466 e. The van der Waals surface area contributed by atoms with E-state index in [0.717, 1.165) is 11.8 Å². The summed E-state index contributed by atoms with van der Waals surface area (Å²) in [4.78, 5) is 11.3. The van der Waals surface area contributed by atoms with Crippen molar-refractivity contribution in [3.05, 3.63) is 0 Å². The Labute approximate surface area is 87.0 Å². The third kappa shape index (κ3) is 3.69. The molecule has 14 heavy (non-hydrogen) atoms. The number of esters is 1. The standard InChI is InChI=1S/C12H22O2/c1-4-14-12(13)8-11-6-9(2)5-10(3)7-11/h9-11H,4-8H2,1-3H3. The largest absolute Gasteiger partial charge is 0.466 e. The first-order chi connectivity index (χ1) is 6.61. The molecule has 0 aromatic heterocycles. The lowest BCUT2D eigenvalue weighted by Crippen LogP contribution is -2.22. The van der Waals surface area contributed by atoms with Crippen LogP contribution in [0.2, 0.25) is 0 Å². The summed E-state index contributed by atoms with van der Waals surface area (Å²) in [5.41, 5.74) is 0. The number of carbonyl (C=O) groups excluding carboxylic acids is 1. The highest BCUT2D eigenvalue weighted by Crippen LogP contribution is 2.34. The van der Waals surface area contributed by atoms with Gasteiger partial charge in [0.05, 0.1) is 6.61 Å². The summed E-state index contributed by atoms with van der Waals surface area (Å²) < 4.78 is 4.98. The molecule has 0 spiro atoms. The normalized spacial score (nSPS) is 32.6. The van der Waals surface area contributed by atoms with E-state index in [0.29, 0.717) is 18.9 Å². The molecule has 0 aromatic rings. The van der Waals surface area contributed by atoms with Crippen molar-refractivity contribution in [3.63, 3.8) is 0 Å². The summed E-state index contributed by atoms with van der Waals surface area (Å²) in [5.74, 6) is 2.10. The quantitative estimate of drug-likeness (QED) is 0.652. The van der Waals surface area contributed by atoms with Gasteiger partial charge in [-0.15, -0.1) is 0 Å². The SMILES string of the molecule is CCOC(=O)CC1CC(C)CC(C)C1. The van der Waals surface area contributed by atoms with E-state index in [2.05, 4.69) is 13.8 Å². The Morgan fingerprint density at radius 1 is 1.21 bits per heavy atom. The molecule has 1 fully saturated rings. The molecule has 0 N–H and O–H groups in total. The molecule has 0 amide bonds. The molecule has 1 aliphatic rings. The zero-order valence-electron chi connectivity index (χ0n) is 9.58. The predicted octanol–water partition coefficient (Wildman–Crippen LogP) is 3.01. The summed E-state index contributed by atoms with van der Waals surface area (Å²) >= 11 is 0. The Hall–Kier alpha value is -0.530. The first-order valence-electron chi connectivity index (χ1n) is 5.77. The second-order valence-corrected chi connectivity index (χ2v) is 4.79. The summed E-state index contributed by atoms with van der Waals surface area (Å²) in [5, 5.41) is 0. The van der Waals surface area contributed by atoms with Crippen LogP contribution >= 0.6 is 0 Å². The van der Waals surface area contributed by atoms with Gasteiger partial charge in [0.1, 0.15) is 0 Å². The van der Waals surface area contributed by atoms with Crippen molar-refractivity contribution in [1.82, 2.24) is 0 Å². The van der Waals surface area contributed by atoms with Crippen LogP contribution < -0.4 is 0 Å². The number of rotatable bonds is 3. The highest BCUT2D eigenvalue weighted by molar-refractivity contribution is 5.69. The molecule has 1 rings (SSSR count). The maximum absolute atomic E-state index is 11.3. The summed E-state index contributed by atoms with van der Waals surface area (Å²) in [6.45, 7) is 6.95. The highest BCUT2D eigenvalue weighted by atomic mass is 16.5. The Morgan fingerprint density at radius 3 is 2.29 bits per heavy atom. The van der Waals surface area contributed by atoms with E-state index in [-0.39, 0.29) is 5.97 Å². The molecule has 2 heteroatoms. The molecule has 0 aliphatic heterocycles. The van der Waals surface area contributed by atoms with Gasteiger partial charge >= 0.3 is 5.97 Å². The molecule has 2 atom stereocenters. The molecule has 1 saturated carbocycles. The van der Waals surface area contributed by atoms with Crippen LogP contribution in [0.25, 0.3) is 0 Å². The number of carbonyl (C=O) groups is 1. The molecular weight excluding hydrogens is 176 g/mol. The maximum Gasteiger partial charge on any atom is 0.306 e. The zero-order valence-corrected chi connectivity index (χ0v) is 9.58. The van der Waals surface area contributed by atoms with E-state index in [1.165, 1.54) is 19.3 Å². The first-order valence-corrected chi connectivity index (χ1v) is 5.77. The van der Waals surface area contributed by atoms with E-state index in [1.807, 2.05) is 6.92 Å². The molecule has 0 bridgehead atoms. The van der Waals surface area contributed by atoms with Gasteiger partial charge in [0.15, 0.2) is 0 Å². The monoisotopic (exact) mass is 198 g/mol. The number of ether oxygens (including phenoxy) is 1. The smallest absolute Gasteiger partial charge is 0.306 e. The fourth-order valence-electron chi connectivity index (χ4n) is 2.74. The van der Waals surface area contributed by atoms with Crippen molar-refractivity contribution in [1.29, 1.82) is 0 Å². The van der Waals surface area contributed by atoms with Crippen LogP contribution in [0.15, 0.2) is 0 Å². The molecule has 0 saturated heterocycles. The maximum atomic E-state index is 11.3. The molecule has 82 valence electrons. The molecular formula is C12H22O2. The van der Waals surface area contributed by atoms with Crippen LogP contribution in [0, 0.1) is 17.8 Å². The van der Waals surface area contributed by atoms with E-state index in [4.69, 9.17) is 4.74 Å². The average Bonchev–Trinajstić information content (AvgIpc) is 2.01. The summed E-state index contributed by atoms with van der Waals surface area (Å²) in [6, 6.07) is 0. The second-order valence-electron chi connectivity index (χ2n) is 4.79. The van der Waals surface area contributed by atoms with Crippen LogP contribution in [0.1, 0.15) is 46.5 Å². The van der Waals surface area contributed by atoms with E-state index >= 15 is 0 Å². The molecule has 2 nitrogen and oxygen atoms in total. The van der Waals surface area contributed by atoms with Crippen LogP contribution in [0.5, 0.6) is 0 Å². The van der Waals surface area contributed by atoms with E-state index in [9.17, 15) is 4.79 Å². The van der Waals surface area contributed by atoms with Crippen molar-refractivity contribution in [2.45, 2.75) is 46.5 Å². The lowest BCUT2D eigenvalue weighted by atomic mass is 9.75. The molecule has 1 aliphatic carbocycles. The van der Waals surface area contributed by atoms with E-state index in [1.54, 1.807) is 0 Å². The minimum atomic E-state index is -0.0150. The van der Waals surface area contributed by atoms with Crippen molar-refractivity contribution in [2.24, 2.45) is 17.8 Å². The van der Waals surface area contributed by atoms with Crippen molar-refractivity contribution in [2.75, 3.05) is 6.61 Å². The van der Waals surface area contributed by atoms with Crippen LogP contribution in [0.4, 0.5) is 0 Å². The van der Waals surface area contributed by atoms with Gasteiger partial charge in [0, 0.05) is 6.42 Å². The fraction of sp³-hybridized carbons (Fsp3) is 0.917. The first kappa shape index (κ1) is 11.5. The van der Waals surface area contributed by atoms with Gasteiger partial charge in [-0.25, -0.2) is 0 Å². The summed E-state index contributed by atoms with van der Waals surface area (Å²) in [6.07, 6.45) is 4.34. The molecule has 0 heterocycles. The Morgan fingerprint density at radius 2 is 1.79 bits per heavy atom. The fourth-order valence-corrected chi connectivity index (χ4v) is 2.74. The number of hydrogen-bond donors (Lipinski definition) is 0. The van der Waals surface area contributed by atoms with Gasteiger partial charge in [-0.2, -0.15) is 0 Å². The van der Waals surface area contributed by atoms with Crippen LogP contribution in [-0.4, -0.2) is 12.6 Å². The molecule has 2 unspecified atom stereocenters. The van der Waals surface area contributed by atoms with E-state index < -0.39 is 0 Å². The Kier molecular flexibility index (Phi) is 4.43. The average molecular weight is 198 g/mol. The van der Waals surface area contributed by atoms with Gasteiger partial charge in [0.25, 0.3) is 0 Å². The molecule has 0 radical (unpaired) electrons. The third-order valence-corrected chi connectivity index (χ3v) is 3.04. The van der Waals surface area contributed by atoms with Gasteiger partial charge in [-0.05, 0) is 43.9 Å². The highest BCUT2D eigenvalue weighted by Gasteiger charge is 2.25. The lowest BCUT2D eigenvalue weighted by molar-refractivity contribution is -0.144. The van der Waals surface area contributed by atoms with Gasteiger partial charge in [-0.3, -0.25) is 4.79 Å². The van der Waals surface area contributed by atoms with Crippen LogP contribution in [0.3, 0.4) is 0 Å². The third-order valence-electron chi connectivity index (χ3n) is 3.04. The number of hydrogen-bond acceptors (Lipinski definition) is 2. The van der Waals surface area contributed by atoms with Gasteiger partial charge in [-0.1, -0.05) is 13.8 Å². The Balaban J connectivity index is 2.33. The van der Waals surface area contributed by atoms with Gasteiger partial charge in [0.2, 0.25) is 0 Å². The molecule has 0 aromatic carbocycles. The Bertz CT molecular complexity index is 179.